The molecule has 0 fully saturated rings. The molecule has 1 aliphatic carbocycles. The second-order valence-electron chi connectivity index (χ2n) is 11.8. The molecule has 0 spiro atoms. The van der Waals surface area contributed by atoms with E-state index in [1.807, 2.05) is 0 Å². The SMILES string of the molecule is C1=CC2c3ccc(-c4ccc5c(c4)c4ccccc4n5-c4ccc(-c5ccccc5)cc4)cc3N(c3ccccc3)C2C=C1. The maximum Gasteiger partial charge on any atom is 0.0629 e. The van der Waals surface area contributed by atoms with Crippen molar-refractivity contribution < 1.29 is 0 Å². The summed E-state index contributed by atoms with van der Waals surface area (Å²) < 4.78 is 2.40. The van der Waals surface area contributed by atoms with Crippen LogP contribution in [0.25, 0.3) is 49.7 Å². The fraction of sp³-hybridized carbons (Fsp3) is 0.0476. The fourth-order valence-electron chi connectivity index (χ4n) is 7.27. The third kappa shape index (κ3) is 3.88. The van der Waals surface area contributed by atoms with E-state index in [-0.39, 0.29) is 0 Å². The summed E-state index contributed by atoms with van der Waals surface area (Å²) in [6.45, 7) is 0. The highest BCUT2D eigenvalue weighted by Crippen LogP contribution is 2.49. The molecule has 1 aliphatic heterocycles. The quantitative estimate of drug-likeness (QED) is 0.207. The molecule has 6 aromatic carbocycles. The Labute approximate surface area is 257 Å². The zero-order valence-corrected chi connectivity index (χ0v) is 24.2. The Morgan fingerprint density at radius 2 is 1.07 bits per heavy atom. The zero-order chi connectivity index (χ0) is 29.0. The van der Waals surface area contributed by atoms with Crippen molar-refractivity contribution in [2.24, 2.45) is 0 Å². The van der Waals surface area contributed by atoms with Gasteiger partial charge >= 0.3 is 0 Å². The van der Waals surface area contributed by atoms with Gasteiger partial charge in [-0.15, -0.1) is 0 Å². The van der Waals surface area contributed by atoms with Crippen LogP contribution in [0.2, 0.25) is 0 Å². The Balaban J connectivity index is 1.17. The number of hydrogen-bond acceptors (Lipinski definition) is 1. The van der Waals surface area contributed by atoms with Crippen molar-refractivity contribution in [3.63, 3.8) is 0 Å². The molecule has 2 aliphatic rings. The number of anilines is 2. The molecule has 44 heavy (non-hydrogen) atoms. The lowest BCUT2D eigenvalue weighted by Gasteiger charge is -2.28. The molecule has 0 saturated carbocycles. The van der Waals surface area contributed by atoms with Crippen molar-refractivity contribution in [3.05, 3.63) is 175 Å². The van der Waals surface area contributed by atoms with E-state index < -0.39 is 0 Å². The van der Waals surface area contributed by atoms with Crippen molar-refractivity contribution in [3.8, 4) is 27.9 Å². The molecule has 208 valence electrons. The first-order valence-corrected chi connectivity index (χ1v) is 15.4. The first kappa shape index (κ1) is 24.9. The van der Waals surface area contributed by atoms with Gasteiger partial charge in [-0.3, -0.25) is 0 Å². The number of benzene rings is 6. The molecule has 0 bridgehead atoms. The van der Waals surface area contributed by atoms with Crippen molar-refractivity contribution in [2.75, 3.05) is 4.90 Å². The lowest BCUT2D eigenvalue weighted by Crippen LogP contribution is -2.28. The molecule has 0 radical (unpaired) electrons. The van der Waals surface area contributed by atoms with Gasteiger partial charge in [-0.25, -0.2) is 0 Å². The standard InChI is InChI=1S/C42H30N2/c1-3-11-29(12-4-1)30-19-23-34(24-20-30)43-40-18-10-8-16-36(40)38-27-31(22-26-41(38)43)32-21-25-37-35-15-7-9-17-39(35)44(42(37)28-32)33-13-5-2-6-14-33/h1-28,35,39H. The zero-order valence-electron chi connectivity index (χ0n) is 24.2. The third-order valence-corrected chi connectivity index (χ3v) is 9.33. The molecule has 7 aromatic rings. The highest BCUT2D eigenvalue weighted by atomic mass is 15.2. The number of para-hydroxylation sites is 2. The second-order valence-corrected chi connectivity index (χ2v) is 11.8. The van der Waals surface area contributed by atoms with E-state index in [0.717, 1.165) is 0 Å². The van der Waals surface area contributed by atoms with E-state index in [4.69, 9.17) is 0 Å². The van der Waals surface area contributed by atoms with Gasteiger partial charge in [0.1, 0.15) is 0 Å². The van der Waals surface area contributed by atoms with Crippen molar-refractivity contribution in [2.45, 2.75) is 12.0 Å². The molecule has 2 atom stereocenters. The van der Waals surface area contributed by atoms with Gasteiger partial charge in [0, 0.05) is 33.8 Å². The lowest BCUT2D eigenvalue weighted by atomic mass is 9.90. The van der Waals surface area contributed by atoms with Crippen LogP contribution in [0.15, 0.2) is 170 Å². The topological polar surface area (TPSA) is 8.17 Å². The van der Waals surface area contributed by atoms with Crippen LogP contribution >= 0.6 is 0 Å². The summed E-state index contributed by atoms with van der Waals surface area (Å²) in [7, 11) is 0. The number of allylic oxidation sites excluding steroid dienone is 2. The minimum Gasteiger partial charge on any atom is -0.333 e. The molecule has 9 rings (SSSR count). The minimum absolute atomic E-state index is 0.293. The van der Waals surface area contributed by atoms with Crippen LogP contribution in [0, 0.1) is 0 Å². The van der Waals surface area contributed by atoms with E-state index in [0.29, 0.717) is 12.0 Å². The summed E-state index contributed by atoms with van der Waals surface area (Å²) in [6, 6.07) is 53.4. The Hall–Kier alpha value is -5.60. The Bertz CT molecular complexity index is 2220. The van der Waals surface area contributed by atoms with Gasteiger partial charge < -0.3 is 9.47 Å². The van der Waals surface area contributed by atoms with E-state index >= 15 is 0 Å². The molecule has 2 heterocycles. The predicted molar refractivity (Wildman–Crippen MR) is 185 cm³/mol. The van der Waals surface area contributed by atoms with Crippen LogP contribution in [0.1, 0.15) is 11.5 Å². The average Bonchev–Trinajstić information content (AvgIpc) is 3.61. The first-order chi connectivity index (χ1) is 21.8. The van der Waals surface area contributed by atoms with Crippen LogP contribution in [0.4, 0.5) is 11.4 Å². The highest BCUT2D eigenvalue weighted by molar-refractivity contribution is 6.10. The van der Waals surface area contributed by atoms with Gasteiger partial charge in [0.2, 0.25) is 0 Å². The molecule has 0 amide bonds. The summed E-state index contributed by atoms with van der Waals surface area (Å²) in [4.78, 5) is 2.51. The summed E-state index contributed by atoms with van der Waals surface area (Å²) >= 11 is 0. The maximum atomic E-state index is 2.51. The Morgan fingerprint density at radius 3 is 1.91 bits per heavy atom. The lowest BCUT2D eigenvalue weighted by molar-refractivity contribution is 0.745. The fourth-order valence-corrected chi connectivity index (χ4v) is 7.27. The molecule has 1 aromatic heterocycles. The predicted octanol–water partition coefficient (Wildman–Crippen LogP) is 10.8. The first-order valence-electron chi connectivity index (χ1n) is 15.4. The number of rotatable bonds is 4. The summed E-state index contributed by atoms with van der Waals surface area (Å²) in [5, 5.41) is 2.54. The van der Waals surface area contributed by atoms with E-state index in [9.17, 15) is 0 Å². The van der Waals surface area contributed by atoms with Crippen LogP contribution in [-0.4, -0.2) is 10.6 Å². The largest absolute Gasteiger partial charge is 0.333 e. The van der Waals surface area contributed by atoms with E-state index in [2.05, 4.69) is 179 Å². The van der Waals surface area contributed by atoms with Crippen LogP contribution in [0.5, 0.6) is 0 Å². The minimum atomic E-state index is 0.293. The number of aromatic nitrogens is 1. The van der Waals surface area contributed by atoms with Gasteiger partial charge in [-0.1, -0.05) is 121 Å². The van der Waals surface area contributed by atoms with Gasteiger partial charge in [-0.2, -0.15) is 0 Å². The third-order valence-electron chi connectivity index (χ3n) is 9.33. The normalized spacial score (nSPS) is 16.9. The van der Waals surface area contributed by atoms with Gasteiger partial charge in [0.05, 0.1) is 17.1 Å². The summed E-state index contributed by atoms with van der Waals surface area (Å²) in [5.74, 6) is 0.359. The van der Waals surface area contributed by atoms with Crippen molar-refractivity contribution in [1.82, 2.24) is 4.57 Å². The smallest absolute Gasteiger partial charge is 0.0629 e. The van der Waals surface area contributed by atoms with Gasteiger partial charge in [0.25, 0.3) is 0 Å². The number of hydrogen-bond donors (Lipinski definition) is 0. The summed E-state index contributed by atoms with van der Waals surface area (Å²) in [5.41, 5.74) is 12.5. The monoisotopic (exact) mass is 562 g/mol. The Kier molecular flexibility index (Phi) is 5.67. The van der Waals surface area contributed by atoms with Crippen LogP contribution < -0.4 is 4.90 Å². The van der Waals surface area contributed by atoms with Crippen LogP contribution in [-0.2, 0) is 0 Å². The van der Waals surface area contributed by atoms with Crippen LogP contribution in [0.3, 0.4) is 0 Å². The van der Waals surface area contributed by atoms with Gasteiger partial charge in [0.15, 0.2) is 0 Å². The highest BCUT2D eigenvalue weighted by Gasteiger charge is 2.37. The van der Waals surface area contributed by atoms with E-state index in [1.54, 1.807) is 0 Å². The molecule has 0 saturated heterocycles. The molecular weight excluding hydrogens is 532 g/mol. The second kappa shape index (κ2) is 10.00. The van der Waals surface area contributed by atoms with E-state index in [1.165, 1.54) is 66.7 Å². The number of nitrogens with zero attached hydrogens (tertiary/aromatic N) is 2. The average molecular weight is 563 g/mol. The Morgan fingerprint density at radius 1 is 0.432 bits per heavy atom. The molecule has 2 nitrogen and oxygen atoms in total. The molecule has 2 unspecified atom stereocenters. The van der Waals surface area contributed by atoms with Crippen molar-refractivity contribution >= 4 is 33.2 Å². The molecule has 2 heteroatoms. The molecular formula is C42H30N2. The maximum absolute atomic E-state index is 2.51. The summed E-state index contributed by atoms with van der Waals surface area (Å²) in [6.07, 6.45) is 9.05. The number of fused-ring (bicyclic) bond motifs is 6. The van der Waals surface area contributed by atoms with Gasteiger partial charge in [-0.05, 0) is 76.3 Å². The molecule has 0 N–H and O–H groups in total. The van der Waals surface area contributed by atoms with Crippen molar-refractivity contribution in [1.29, 1.82) is 0 Å².